The van der Waals surface area contributed by atoms with Gasteiger partial charge in [-0.1, -0.05) is 12.1 Å². The van der Waals surface area contributed by atoms with Crippen molar-refractivity contribution in [1.29, 1.82) is 0 Å². The molecule has 0 aliphatic rings. The van der Waals surface area contributed by atoms with Crippen LogP contribution in [0.25, 0.3) is 0 Å². The van der Waals surface area contributed by atoms with E-state index in [1.807, 2.05) is 39.3 Å². The fourth-order valence-corrected chi connectivity index (χ4v) is 3.41. The summed E-state index contributed by atoms with van der Waals surface area (Å²) in [5.74, 6) is -0.430. The zero-order valence-corrected chi connectivity index (χ0v) is 18.1. The first-order chi connectivity index (χ1) is 13.2. The fraction of sp³-hybridized carbons (Fsp3) is 0.350. The maximum absolute atomic E-state index is 13.1. The molecule has 1 amide bonds. The van der Waals surface area contributed by atoms with Crippen molar-refractivity contribution in [2.24, 2.45) is 0 Å². The summed E-state index contributed by atoms with van der Waals surface area (Å²) in [5, 5.41) is 12.0. The summed E-state index contributed by atoms with van der Waals surface area (Å²) in [4.78, 5) is 12.8. The van der Waals surface area contributed by atoms with Crippen LogP contribution in [0, 0.1) is 33.5 Å². The van der Waals surface area contributed by atoms with Crippen LogP contribution in [-0.4, -0.2) is 25.5 Å². The van der Waals surface area contributed by atoms with E-state index in [2.05, 4.69) is 31.4 Å². The first-order valence-corrected chi connectivity index (χ1v) is 9.78. The zero-order chi connectivity index (χ0) is 20.6. The van der Waals surface area contributed by atoms with Gasteiger partial charge in [-0.25, -0.2) is 4.39 Å². The van der Waals surface area contributed by atoms with Crippen molar-refractivity contribution in [2.45, 2.75) is 47.2 Å². The van der Waals surface area contributed by atoms with Gasteiger partial charge in [0.15, 0.2) is 0 Å². The molecule has 0 fully saturated rings. The van der Waals surface area contributed by atoms with Crippen LogP contribution in [-0.2, 0) is 11.3 Å². The normalized spacial score (nSPS) is 12.2. The summed E-state index contributed by atoms with van der Waals surface area (Å²) in [6.45, 7) is 9.90. The predicted octanol–water partition coefficient (Wildman–Crippen LogP) is 4.46. The van der Waals surface area contributed by atoms with Crippen LogP contribution in [0.5, 0.6) is 0 Å². The summed E-state index contributed by atoms with van der Waals surface area (Å²) in [6.07, 6.45) is 0. The second-order valence-electron chi connectivity index (χ2n) is 6.92. The highest BCUT2D eigenvalue weighted by Crippen LogP contribution is 2.25. The largest absolute Gasteiger partial charge is 0.321 e. The maximum Gasteiger partial charge on any atom is 0.249 e. The van der Waals surface area contributed by atoms with Gasteiger partial charge in [-0.15, -0.1) is 0 Å². The molecule has 1 N–H and O–H groups in total. The van der Waals surface area contributed by atoms with Crippen molar-refractivity contribution in [1.82, 2.24) is 19.6 Å². The average molecular weight is 448 g/mol. The van der Waals surface area contributed by atoms with E-state index in [1.54, 1.807) is 16.8 Å². The number of hydrogen-bond donors (Lipinski definition) is 1. The molecule has 0 saturated carbocycles. The minimum atomic E-state index is -0.468. The third-order valence-electron chi connectivity index (χ3n) is 4.86. The molecule has 6 nitrogen and oxygen atoms in total. The Morgan fingerprint density at radius 2 is 1.75 bits per heavy atom. The molecule has 0 spiro atoms. The Morgan fingerprint density at radius 1 is 1.11 bits per heavy atom. The minimum Gasteiger partial charge on any atom is -0.321 e. The second kappa shape index (κ2) is 7.87. The molecule has 3 aromatic rings. The first-order valence-electron chi connectivity index (χ1n) is 8.99. The Hall–Kier alpha value is -2.48. The molecule has 0 aliphatic heterocycles. The summed E-state index contributed by atoms with van der Waals surface area (Å²) >= 11 is 3.49. The van der Waals surface area contributed by atoms with Crippen molar-refractivity contribution in [3.8, 4) is 0 Å². The van der Waals surface area contributed by atoms with Crippen LogP contribution < -0.4 is 5.32 Å². The number of carbonyl (C=O) groups is 1. The molecule has 1 atom stereocenters. The highest BCUT2D eigenvalue weighted by atomic mass is 79.9. The SMILES string of the molecule is Cc1nn(C(C)C(=O)Nc2c(C)nn(Cc3ccc(F)cc3)c2C)c(C)c1Br. The molecule has 1 unspecified atom stereocenters. The number of amides is 1. The number of halogens is 2. The van der Waals surface area contributed by atoms with E-state index in [1.165, 1.54) is 12.1 Å². The standard InChI is InChI=1S/C20H23BrFN5O/c1-11-18(21)13(3)27(25-11)15(5)20(28)23-19-12(2)24-26(14(19)4)10-16-6-8-17(22)9-7-16/h6-9,15H,10H2,1-5H3,(H,23,28). The fourth-order valence-electron chi connectivity index (χ4n) is 3.15. The van der Waals surface area contributed by atoms with Gasteiger partial charge in [-0.05, 0) is 68.2 Å². The number of benzene rings is 1. The second-order valence-corrected chi connectivity index (χ2v) is 7.72. The minimum absolute atomic E-state index is 0.161. The number of aryl methyl sites for hydroxylation is 2. The smallest absolute Gasteiger partial charge is 0.249 e. The van der Waals surface area contributed by atoms with E-state index < -0.39 is 6.04 Å². The number of rotatable bonds is 5. The van der Waals surface area contributed by atoms with Crippen LogP contribution in [0.2, 0.25) is 0 Å². The quantitative estimate of drug-likeness (QED) is 0.627. The Labute approximate surface area is 171 Å². The van der Waals surface area contributed by atoms with Crippen LogP contribution >= 0.6 is 15.9 Å². The molecular weight excluding hydrogens is 425 g/mol. The Balaban J connectivity index is 1.80. The van der Waals surface area contributed by atoms with Crippen molar-refractivity contribution in [2.75, 3.05) is 5.32 Å². The lowest BCUT2D eigenvalue weighted by Crippen LogP contribution is -2.25. The van der Waals surface area contributed by atoms with Crippen LogP contribution in [0.3, 0.4) is 0 Å². The number of anilines is 1. The highest BCUT2D eigenvalue weighted by molar-refractivity contribution is 9.10. The molecule has 3 rings (SSSR count). The highest BCUT2D eigenvalue weighted by Gasteiger charge is 2.23. The van der Waals surface area contributed by atoms with Crippen LogP contribution in [0.4, 0.5) is 10.1 Å². The summed E-state index contributed by atoms with van der Waals surface area (Å²) in [5.41, 5.74) is 4.95. The molecule has 0 aliphatic carbocycles. The van der Waals surface area contributed by atoms with E-state index in [0.29, 0.717) is 12.2 Å². The molecule has 28 heavy (non-hydrogen) atoms. The molecule has 8 heteroatoms. The van der Waals surface area contributed by atoms with Gasteiger partial charge in [0.05, 0.1) is 39.5 Å². The third kappa shape index (κ3) is 3.87. The topological polar surface area (TPSA) is 64.7 Å². The maximum atomic E-state index is 13.1. The number of carbonyl (C=O) groups excluding carboxylic acids is 1. The molecule has 0 radical (unpaired) electrons. The van der Waals surface area contributed by atoms with Gasteiger partial charge in [-0.3, -0.25) is 14.2 Å². The van der Waals surface area contributed by atoms with Gasteiger partial charge in [0.2, 0.25) is 5.91 Å². The average Bonchev–Trinajstić information content (AvgIpc) is 3.07. The summed E-state index contributed by atoms with van der Waals surface area (Å²) < 4.78 is 17.5. The Bertz CT molecular complexity index is 1020. The number of hydrogen-bond acceptors (Lipinski definition) is 3. The predicted molar refractivity (Wildman–Crippen MR) is 110 cm³/mol. The van der Waals surface area contributed by atoms with Crippen molar-refractivity contribution in [3.63, 3.8) is 0 Å². The molecule has 0 bridgehead atoms. The van der Waals surface area contributed by atoms with Gasteiger partial charge >= 0.3 is 0 Å². The first kappa shape index (κ1) is 20.3. The van der Waals surface area contributed by atoms with Crippen molar-refractivity contribution in [3.05, 3.63) is 62.9 Å². The summed E-state index contributed by atoms with van der Waals surface area (Å²) in [6, 6.07) is 5.85. The number of nitrogens with one attached hydrogen (secondary N) is 1. The molecule has 0 saturated heterocycles. The molecule has 2 heterocycles. The van der Waals surface area contributed by atoms with Crippen molar-refractivity contribution >= 4 is 27.5 Å². The Morgan fingerprint density at radius 3 is 2.32 bits per heavy atom. The lowest BCUT2D eigenvalue weighted by Gasteiger charge is -2.15. The molecule has 148 valence electrons. The Kier molecular flexibility index (Phi) is 5.69. The van der Waals surface area contributed by atoms with Gasteiger partial charge in [-0.2, -0.15) is 10.2 Å². The van der Waals surface area contributed by atoms with E-state index in [0.717, 1.165) is 32.8 Å². The number of aromatic nitrogens is 4. The van der Waals surface area contributed by atoms with Gasteiger partial charge in [0, 0.05) is 0 Å². The van der Waals surface area contributed by atoms with E-state index >= 15 is 0 Å². The van der Waals surface area contributed by atoms with Crippen molar-refractivity contribution < 1.29 is 9.18 Å². The monoisotopic (exact) mass is 447 g/mol. The molecule has 1 aromatic carbocycles. The van der Waals surface area contributed by atoms with Crippen LogP contribution in [0.1, 0.15) is 41.3 Å². The third-order valence-corrected chi connectivity index (χ3v) is 6.01. The van der Waals surface area contributed by atoms with Gasteiger partial charge in [0.25, 0.3) is 0 Å². The molecular formula is C20H23BrFN5O. The number of nitrogens with zero attached hydrogens (tertiary/aromatic N) is 4. The lowest BCUT2D eigenvalue weighted by molar-refractivity contribution is -0.119. The van der Waals surface area contributed by atoms with E-state index in [9.17, 15) is 9.18 Å². The van der Waals surface area contributed by atoms with Gasteiger partial charge < -0.3 is 5.32 Å². The van der Waals surface area contributed by atoms with E-state index in [4.69, 9.17) is 0 Å². The molecule has 2 aromatic heterocycles. The van der Waals surface area contributed by atoms with E-state index in [-0.39, 0.29) is 11.7 Å². The van der Waals surface area contributed by atoms with Gasteiger partial charge in [0.1, 0.15) is 11.9 Å². The lowest BCUT2D eigenvalue weighted by atomic mass is 10.2. The summed E-state index contributed by atoms with van der Waals surface area (Å²) in [7, 11) is 0. The van der Waals surface area contributed by atoms with Crippen LogP contribution in [0.15, 0.2) is 28.7 Å². The zero-order valence-electron chi connectivity index (χ0n) is 16.5.